The minimum atomic E-state index is -0.317. The number of hydrogen-bond acceptors (Lipinski definition) is 6. The molecule has 154 valence electrons. The van der Waals surface area contributed by atoms with Gasteiger partial charge in [-0.05, 0) is 70.4 Å². The number of nitrogens with zero attached hydrogens (tertiary/aromatic N) is 3. The normalized spacial score (nSPS) is 17.4. The summed E-state index contributed by atoms with van der Waals surface area (Å²) in [6.45, 7) is 1.37. The summed E-state index contributed by atoms with van der Waals surface area (Å²) in [4.78, 5) is 35.8. The highest BCUT2D eigenvalue weighted by Gasteiger charge is 2.30. The van der Waals surface area contributed by atoms with Crippen molar-refractivity contribution in [2.24, 2.45) is 9.98 Å². The van der Waals surface area contributed by atoms with E-state index >= 15 is 0 Å². The maximum atomic E-state index is 12.6. The first-order valence-electron chi connectivity index (χ1n) is 9.95. The molecule has 0 bridgehead atoms. The van der Waals surface area contributed by atoms with Crippen LogP contribution in [-0.2, 0) is 9.59 Å². The molecule has 0 atom stereocenters. The average Bonchev–Trinajstić information content (AvgIpc) is 3.22. The lowest BCUT2D eigenvalue weighted by Gasteiger charge is -2.14. The van der Waals surface area contributed by atoms with Crippen LogP contribution in [0.4, 0.5) is 0 Å². The van der Waals surface area contributed by atoms with Gasteiger partial charge in [0.2, 0.25) is 0 Å². The summed E-state index contributed by atoms with van der Waals surface area (Å²) in [6.07, 6.45) is 6.21. The number of ketones is 1. The number of allylic oxidation sites excluding steroid dienone is 4. The van der Waals surface area contributed by atoms with Crippen LogP contribution in [0.15, 0.2) is 57.2 Å². The number of phenols is 1. The molecular weight excluding hydrogens is 380 g/mol. The maximum absolute atomic E-state index is 12.6. The Morgan fingerprint density at radius 2 is 1.90 bits per heavy atom. The number of rotatable bonds is 7. The van der Waals surface area contributed by atoms with Gasteiger partial charge in [0.25, 0.3) is 5.91 Å². The Bertz CT molecular complexity index is 1200. The number of phenolic OH excluding ortho intramolecular Hbond substituents is 1. The van der Waals surface area contributed by atoms with Gasteiger partial charge in [0, 0.05) is 17.7 Å². The van der Waals surface area contributed by atoms with Crippen molar-refractivity contribution < 1.29 is 14.7 Å². The summed E-state index contributed by atoms with van der Waals surface area (Å²) < 4.78 is 0. The monoisotopic (exact) mass is 404 g/mol. The van der Waals surface area contributed by atoms with Gasteiger partial charge in [-0.15, -0.1) is 0 Å². The Kier molecular flexibility index (Phi) is 5.32. The fraction of sp³-hybridized carbons (Fsp3) is 0.304. The Hall–Kier alpha value is -3.16. The van der Waals surface area contributed by atoms with E-state index in [4.69, 9.17) is 4.99 Å². The number of amides is 1. The lowest BCUT2D eigenvalue weighted by atomic mass is 9.92. The third-order valence-electron chi connectivity index (χ3n) is 5.41. The van der Waals surface area contributed by atoms with Crippen molar-refractivity contribution in [3.05, 3.63) is 63.3 Å². The Morgan fingerprint density at radius 3 is 2.63 bits per heavy atom. The Labute approximate surface area is 174 Å². The number of aromatic hydroxyl groups is 1. The third kappa shape index (κ3) is 3.46. The van der Waals surface area contributed by atoms with Gasteiger partial charge in [-0.2, -0.15) is 0 Å². The predicted molar refractivity (Wildman–Crippen MR) is 115 cm³/mol. The topological polar surface area (TPSA) is 94.4 Å². The largest absolute Gasteiger partial charge is 0.507 e. The van der Waals surface area contributed by atoms with Gasteiger partial charge < -0.3 is 15.3 Å². The number of aliphatic imine (C=N–C) groups is 1. The highest BCUT2D eigenvalue weighted by molar-refractivity contribution is 6.24. The molecule has 2 aliphatic heterocycles. The minimum Gasteiger partial charge on any atom is -0.507 e. The zero-order valence-corrected chi connectivity index (χ0v) is 17.3. The molecule has 0 aromatic heterocycles. The first-order chi connectivity index (χ1) is 14.4. The van der Waals surface area contributed by atoms with Crippen LogP contribution in [-0.4, -0.2) is 61.6 Å². The molecule has 7 heteroatoms. The number of carbonyl (C=O) groups excluding carboxylic acids is 2. The number of fused-ring (bicyclic) bond motifs is 2. The van der Waals surface area contributed by atoms with Crippen molar-refractivity contribution in [3.8, 4) is 5.75 Å². The molecule has 0 saturated carbocycles. The van der Waals surface area contributed by atoms with Crippen molar-refractivity contribution in [3.63, 3.8) is 0 Å². The van der Waals surface area contributed by atoms with Crippen LogP contribution in [0, 0.1) is 0 Å². The van der Waals surface area contributed by atoms with Gasteiger partial charge in [0.05, 0.1) is 27.6 Å². The fourth-order valence-electron chi connectivity index (χ4n) is 3.95. The van der Waals surface area contributed by atoms with Crippen molar-refractivity contribution >= 4 is 23.0 Å². The van der Waals surface area contributed by atoms with Crippen LogP contribution >= 0.6 is 0 Å². The van der Waals surface area contributed by atoms with Crippen LogP contribution in [0.1, 0.15) is 18.4 Å². The summed E-state index contributed by atoms with van der Waals surface area (Å²) in [5, 5.41) is 14.7. The second-order valence-corrected chi connectivity index (χ2v) is 7.78. The predicted octanol–water partition coefficient (Wildman–Crippen LogP) is 0.386. The van der Waals surface area contributed by atoms with Crippen molar-refractivity contribution in [1.82, 2.24) is 10.2 Å². The number of carbonyl (C=O) groups is 2. The second kappa shape index (κ2) is 7.93. The van der Waals surface area contributed by atoms with Gasteiger partial charge in [-0.1, -0.05) is 6.08 Å². The van der Waals surface area contributed by atoms with Crippen molar-refractivity contribution in [2.45, 2.75) is 12.8 Å². The molecule has 0 fully saturated rings. The van der Waals surface area contributed by atoms with Crippen LogP contribution in [0.2, 0.25) is 0 Å². The molecular formula is C23H24N4O3. The van der Waals surface area contributed by atoms with Gasteiger partial charge in [0.15, 0.2) is 5.78 Å². The molecule has 1 aromatic rings. The van der Waals surface area contributed by atoms with E-state index in [0.29, 0.717) is 58.1 Å². The van der Waals surface area contributed by atoms with Gasteiger partial charge in [-0.25, -0.2) is 9.98 Å². The summed E-state index contributed by atoms with van der Waals surface area (Å²) in [7, 11) is 5.77. The maximum Gasteiger partial charge on any atom is 0.274 e. The molecule has 3 aliphatic rings. The number of hydrogen-bond donors (Lipinski definition) is 2. The average molecular weight is 404 g/mol. The van der Waals surface area contributed by atoms with Crippen molar-refractivity contribution in [1.29, 1.82) is 0 Å². The molecule has 1 aliphatic carbocycles. The van der Waals surface area contributed by atoms with E-state index in [1.54, 1.807) is 24.3 Å². The first kappa shape index (κ1) is 20.1. The summed E-state index contributed by atoms with van der Waals surface area (Å²) in [5.74, 6) is -0.368. The summed E-state index contributed by atoms with van der Waals surface area (Å²) >= 11 is 0. The standard InChI is InChI=1S/C23H24N4O3/c1-24-9-7-15-21-17(26-23(15)30)11-13(12-19(21)29)22-14(8-10-27(2)3)20-16(25-22)5-4-6-18(20)28/h4-6,11-12,24,29H,7-10H2,1-3H3. The van der Waals surface area contributed by atoms with E-state index in [2.05, 4.69) is 10.3 Å². The van der Waals surface area contributed by atoms with E-state index in [0.717, 1.165) is 12.1 Å². The quantitative estimate of drug-likeness (QED) is 0.686. The van der Waals surface area contributed by atoms with E-state index in [1.165, 1.54) is 0 Å². The van der Waals surface area contributed by atoms with Crippen LogP contribution < -0.4 is 15.9 Å². The van der Waals surface area contributed by atoms with E-state index < -0.39 is 0 Å². The second-order valence-electron chi connectivity index (χ2n) is 7.78. The molecule has 30 heavy (non-hydrogen) atoms. The molecule has 2 heterocycles. The molecule has 1 aromatic carbocycles. The first-order valence-corrected chi connectivity index (χ1v) is 9.95. The number of benzene rings is 1. The van der Waals surface area contributed by atoms with E-state index in [9.17, 15) is 14.7 Å². The highest BCUT2D eigenvalue weighted by Crippen LogP contribution is 2.33. The van der Waals surface area contributed by atoms with E-state index in [1.807, 2.05) is 32.1 Å². The fourth-order valence-corrected chi connectivity index (χ4v) is 3.95. The molecule has 0 radical (unpaired) electrons. The molecule has 4 rings (SSSR count). The molecule has 2 N–H and O–H groups in total. The van der Waals surface area contributed by atoms with Gasteiger partial charge in [0.1, 0.15) is 5.75 Å². The number of nitrogens with one attached hydrogen (secondary N) is 1. The Balaban J connectivity index is 1.84. The smallest absolute Gasteiger partial charge is 0.274 e. The van der Waals surface area contributed by atoms with Crippen molar-refractivity contribution in [2.75, 3.05) is 34.2 Å². The van der Waals surface area contributed by atoms with Crippen LogP contribution in [0.3, 0.4) is 0 Å². The molecule has 1 amide bonds. The van der Waals surface area contributed by atoms with Crippen LogP contribution in [0.5, 0.6) is 5.75 Å². The van der Waals surface area contributed by atoms with Crippen LogP contribution in [0.25, 0.3) is 5.57 Å². The van der Waals surface area contributed by atoms with Gasteiger partial charge in [-0.3, -0.25) is 9.59 Å². The third-order valence-corrected chi connectivity index (χ3v) is 5.41. The molecule has 0 unspecified atom stereocenters. The lowest BCUT2D eigenvalue weighted by molar-refractivity contribution is -0.113. The zero-order chi connectivity index (χ0) is 21.4. The highest BCUT2D eigenvalue weighted by atomic mass is 16.3. The molecule has 0 saturated heterocycles. The van der Waals surface area contributed by atoms with E-state index in [-0.39, 0.29) is 17.4 Å². The van der Waals surface area contributed by atoms with Gasteiger partial charge >= 0.3 is 0 Å². The molecule has 0 spiro atoms. The SMILES string of the molecule is CNCCC1=c2c(O)cc(C3=NC4=CC=CC(=O)C4=C3CCN(C)C)cc2=NC1=O. The Morgan fingerprint density at radius 1 is 1.10 bits per heavy atom. The molecule has 7 nitrogen and oxygen atoms in total. The lowest BCUT2D eigenvalue weighted by Crippen LogP contribution is -2.26. The minimum absolute atomic E-state index is 0.0103. The zero-order valence-electron chi connectivity index (χ0n) is 17.3. The summed E-state index contributed by atoms with van der Waals surface area (Å²) in [6, 6.07) is 3.40. The summed E-state index contributed by atoms with van der Waals surface area (Å²) in [5.41, 5.74) is 3.93.